The fourth-order valence-corrected chi connectivity index (χ4v) is 3.69. The fraction of sp³-hybridized carbons (Fsp3) is 0.167. The SMILES string of the molecule is CN1C(=O)C[C@H](C(=O)Nc2ccccc2)SC1=Nc1ccc(I)cc1. The molecular formula is C18H16IN3O2S. The Morgan fingerprint density at radius 3 is 2.56 bits per heavy atom. The second-order valence-corrected chi connectivity index (χ2v) is 7.90. The summed E-state index contributed by atoms with van der Waals surface area (Å²) in [5.74, 6) is -0.302. The van der Waals surface area contributed by atoms with Gasteiger partial charge in [0.1, 0.15) is 5.25 Å². The number of thioether (sulfide) groups is 1. The molecule has 3 rings (SSSR count). The number of hydrogen-bond acceptors (Lipinski definition) is 4. The molecule has 25 heavy (non-hydrogen) atoms. The van der Waals surface area contributed by atoms with Crippen molar-refractivity contribution in [2.24, 2.45) is 4.99 Å². The minimum atomic E-state index is -0.494. The van der Waals surface area contributed by atoms with E-state index < -0.39 is 5.25 Å². The Bertz CT molecular complexity index is 809. The molecule has 1 atom stereocenters. The molecule has 1 aliphatic rings. The number of nitrogens with one attached hydrogen (secondary N) is 1. The van der Waals surface area contributed by atoms with Crippen molar-refractivity contribution in [3.63, 3.8) is 0 Å². The van der Waals surface area contributed by atoms with Gasteiger partial charge in [-0.2, -0.15) is 0 Å². The van der Waals surface area contributed by atoms with Crippen molar-refractivity contribution < 1.29 is 9.59 Å². The number of aliphatic imine (C=N–C) groups is 1. The number of carbonyl (C=O) groups is 2. The highest BCUT2D eigenvalue weighted by Crippen LogP contribution is 2.29. The summed E-state index contributed by atoms with van der Waals surface area (Å²) in [6, 6.07) is 16.9. The molecule has 0 spiro atoms. The lowest BCUT2D eigenvalue weighted by molar-refractivity contribution is -0.128. The normalized spacial score (nSPS) is 19.1. The van der Waals surface area contributed by atoms with E-state index >= 15 is 0 Å². The molecule has 2 aromatic carbocycles. The maximum atomic E-state index is 12.5. The molecule has 5 nitrogen and oxygen atoms in total. The van der Waals surface area contributed by atoms with Crippen LogP contribution in [0.2, 0.25) is 0 Å². The van der Waals surface area contributed by atoms with E-state index in [0.717, 1.165) is 14.9 Å². The van der Waals surface area contributed by atoms with Crippen LogP contribution in [0.3, 0.4) is 0 Å². The molecule has 1 N–H and O–H groups in total. The van der Waals surface area contributed by atoms with Gasteiger partial charge in [-0.25, -0.2) is 4.99 Å². The number of benzene rings is 2. The lowest BCUT2D eigenvalue weighted by Gasteiger charge is -2.28. The van der Waals surface area contributed by atoms with Crippen LogP contribution < -0.4 is 5.32 Å². The van der Waals surface area contributed by atoms with Crippen LogP contribution in [0.5, 0.6) is 0 Å². The molecule has 128 valence electrons. The van der Waals surface area contributed by atoms with E-state index in [9.17, 15) is 9.59 Å². The van der Waals surface area contributed by atoms with Crippen molar-refractivity contribution in [1.82, 2.24) is 4.90 Å². The maximum Gasteiger partial charge on any atom is 0.238 e. The predicted molar refractivity (Wildman–Crippen MR) is 110 cm³/mol. The predicted octanol–water partition coefficient (Wildman–Crippen LogP) is 3.88. The summed E-state index contributed by atoms with van der Waals surface area (Å²) < 4.78 is 1.11. The first kappa shape index (κ1) is 17.9. The van der Waals surface area contributed by atoms with E-state index in [1.54, 1.807) is 7.05 Å². The van der Waals surface area contributed by atoms with E-state index in [4.69, 9.17) is 0 Å². The number of halogens is 1. The van der Waals surface area contributed by atoms with Gasteiger partial charge in [-0.15, -0.1) is 0 Å². The minimum Gasteiger partial charge on any atom is -0.325 e. The van der Waals surface area contributed by atoms with Gasteiger partial charge in [-0.1, -0.05) is 30.0 Å². The molecular weight excluding hydrogens is 449 g/mol. The largest absolute Gasteiger partial charge is 0.325 e. The maximum absolute atomic E-state index is 12.5. The van der Waals surface area contributed by atoms with Crippen LogP contribution in [0.4, 0.5) is 11.4 Å². The molecule has 2 amide bonds. The van der Waals surface area contributed by atoms with Gasteiger partial charge in [-0.05, 0) is 59.0 Å². The molecule has 0 aliphatic carbocycles. The quantitative estimate of drug-likeness (QED) is 0.701. The summed E-state index contributed by atoms with van der Waals surface area (Å²) in [4.78, 5) is 30.8. The molecule has 0 aromatic heterocycles. The third-order valence-corrected chi connectivity index (χ3v) is 5.61. The van der Waals surface area contributed by atoms with Gasteiger partial charge in [0.25, 0.3) is 0 Å². The molecule has 0 unspecified atom stereocenters. The Kier molecular flexibility index (Phi) is 5.74. The van der Waals surface area contributed by atoms with Gasteiger partial charge in [0.2, 0.25) is 11.8 Å². The number of rotatable bonds is 3. The molecule has 2 aromatic rings. The van der Waals surface area contributed by atoms with Gasteiger partial charge in [0.15, 0.2) is 5.17 Å². The van der Waals surface area contributed by atoms with E-state index in [1.807, 2.05) is 54.6 Å². The highest BCUT2D eigenvalue weighted by Gasteiger charge is 2.34. The first-order valence-electron chi connectivity index (χ1n) is 7.66. The van der Waals surface area contributed by atoms with Crippen LogP contribution >= 0.6 is 34.4 Å². The molecule has 0 radical (unpaired) electrons. The second kappa shape index (κ2) is 8.01. The summed E-state index contributed by atoms with van der Waals surface area (Å²) in [7, 11) is 1.69. The molecule has 1 aliphatic heterocycles. The second-order valence-electron chi connectivity index (χ2n) is 5.49. The highest BCUT2D eigenvalue weighted by molar-refractivity contribution is 14.1. The molecule has 7 heteroatoms. The number of carbonyl (C=O) groups excluding carboxylic acids is 2. The van der Waals surface area contributed by atoms with Gasteiger partial charge in [0.05, 0.1) is 5.69 Å². The first-order chi connectivity index (χ1) is 12.0. The van der Waals surface area contributed by atoms with Crippen LogP contribution in [0.1, 0.15) is 6.42 Å². The smallest absolute Gasteiger partial charge is 0.238 e. The van der Waals surface area contributed by atoms with Crippen LogP contribution in [0, 0.1) is 3.57 Å². The molecule has 0 bridgehead atoms. The lowest BCUT2D eigenvalue weighted by atomic mass is 10.2. The van der Waals surface area contributed by atoms with Crippen molar-refractivity contribution in [3.05, 3.63) is 58.2 Å². The third kappa shape index (κ3) is 4.60. The number of amides is 2. The van der Waals surface area contributed by atoms with Gasteiger partial charge >= 0.3 is 0 Å². The molecule has 1 saturated heterocycles. The van der Waals surface area contributed by atoms with Gasteiger partial charge < -0.3 is 5.32 Å². The van der Waals surface area contributed by atoms with Crippen molar-refractivity contribution in [2.45, 2.75) is 11.7 Å². The van der Waals surface area contributed by atoms with Crippen LogP contribution in [-0.4, -0.2) is 34.2 Å². The van der Waals surface area contributed by atoms with Crippen LogP contribution in [-0.2, 0) is 9.59 Å². The van der Waals surface area contributed by atoms with Crippen molar-refractivity contribution in [1.29, 1.82) is 0 Å². The van der Waals surface area contributed by atoms with Gasteiger partial charge in [-0.3, -0.25) is 14.5 Å². The van der Waals surface area contributed by atoms with Crippen molar-refractivity contribution in [2.75, 3.05) is 12.4 Å². The Balaban J connectivity index is 1.77. The zero-order valence-electron chi connectivity index (χ0n) is 13.5. The number of para-hydroxylation sites is 1. The number of nitrogens with zero attached hydrogens (tertiary/aromatic N) is 2. The van der Waals surface area contributed by atoms with E-state index in [2.05, 4.69) is 32.9 Å². The zero-order valence-corrected chi connectivity index (χ0v) is 16.5. The van der Waals surface area contributed by atoms with E-state index in [0.29, 0.717) is 5.17 Å². The van der Waals surface area contributed by atoms with Crippen LogP contribution in [0.25, 0.3) is 0 Å². The molecule has 1 fully saturated rings. The van der Waals surface area contributed by atoms with E-state index in [-0.39, 0.29) is 18.2 Å². The third-order valence-electron chi connectivity index (χ3n) is 3.65. The summed E-state index contributed by atoms with van der Waals surface area (Å²) in [5, 5.41) is 2.89. The number of anilines is 1. The lowest BCUT2D eigenvalue weighted by Crippen LogP contribution is -2.43. The highest BCUT2D eigenvalue weighted by atomic mass is 127. The van der Waals surface area contributed by atoms with Gasteiger partial charge in [0, 0.05) is 22.7 Å². The Hall–Kier alpha value is -1.87. The van der Waals surface area contributed by atoms with Crippen LogP contribution in [0.15, 0.2) is 59.6 Å². The minimum absolute atomic E-state index is 0.115. The summed E-state index contributed by atoms with van der Waals surface area (Å²) in [6.45, 7) is 0. The van der Waals surface area contributed by atoms with Crippen molar-refractivity contribution >= 4 is 62.7 Å². The standard InChI is InChI=1S/C18H16IN3O2S/c1-22-16(23)11-15(17(24)20-13-5-3-2-4-6-13)25-18(22)21-14-9-7-12(19)8-10-14/h2-10,15H,11H2,1H3,(H,20,24)/t15-/m1/s1. The summed E-state index contributed by atoms with van der Waals surface area (Å²) in [5.41, 5.74) is 1.47. The Labute approximate surface area is 164 Å². The average molecular weight is 465 g/mol. The summed E-state index contributed by atoms with van der Waals surface area (Å²) >= 11 is 3.54. The molecule has 0 saturated carbocycles. The Morgan fingerprint density at radius 2 is 1.88 bits per heavy atom. The first-order valence-corrected chi connectivity index (χ1v) is 9.62. The zero-order chi connectivity index (χ0) is 17.8. The average Bonchev–Trinajstić information content (AvgIpc) is 2.61. The Morgan fingerprint density at radius 1 is 1.20 bits per heavy atom. The monoisotopic (exact) mass is 465 g/mol. The fourth-order valence-electron chi connectivity index (χ4n) is 2.27. The number of hydrogen-bond donors (Lipinski definition) is 1. The summed E-state index contributed by atoms with van der Waals surface area (Å²) in [6.07, 6.45) is 0.158. The van der Waals surface area contributed by atoms with Crippen molar-refractivity contribution in [3.8, 4) is 0 Å². The van der Waals surface area contributed by atoms with E-state index in [1.165, 1.54) is 16.7 Å². The number of amidine groups is 1. The topological polar surface area (TPSA) is 61.8 Å². The molecule has 1 heterocycles.